The summed E-state index contributed by atoms with van der Waals surface area (Å²) in [6, 6.07) is 2.27. The van der Waals surface area contributed by atoms with Crippen molar-refractivity contribution in [2.45, 2.75) is 76.2 Å². The summed E-state index contributed by atoms with van der Waals surface area (Å²) in [5.74, 6) is 0.406. The minimum Gasteiger partial charge on any atom is -0.310 e. The van der Waals surface area contributed by atoms with Crippen molar-refractivity contribution in [3.8, 4) is 0 Å². The van der Waals surface area contributed by atoms with Gasteiger partial charge in [-0.2, -0.15) is 26.3 Å². The van der Waals surface area contributed by atoms with Crippen molar-refractivity contribution in [3.63, 3.8) is 0 Å². The van der Waals surface area contributed by atoms with E-state index in [0.29, 0.717) is 36.8 Å². The van der Waals surface area contributed by atoms with Crippen LogP contribution in [-0.2, 0) is 10.3 Å². The van der Waals surface area contributed by atoms with Crippen molar-refractivity contribution in [1.82, 2.24) is 0 Å². The molecule has 1 aliphatic heterocycles. The second-order valence-electron chi connectivity index (χ2n) is 7.31. The quantitative estimate of drug-likeness (QED) is 0.297. The van der Waals surface area contributed by atoms with Gasteiger partial charge in [0, 0.05) is 29.2 Å². The number of carbonyl (C=O) groups is 1. The number of hydrogen-bond donors (Lipinski definition) is 0. The molecular weight excluding hydrogens is 458 g/mol. The lowest BCUT2D eigenvalue weighted by Crippen LogP contribution is -2.52. The van der Waals surface area contributed by atoms with Crippen molar-refractivity contribution in [1.29, 1.82) is 0 Å². The maximum Gasteiger partial charge on any atom is 0.430 e. The fraction of sp³-hybridized carbons (Fsp3) is 0.667. The molecule has 1 heterocycles. The summed E-state index contributed by atoms with van der Waals surface area (Å²) in [7, 11) is 0. The van der Waals surface area contributed by atoms with Crippen LogP contribution in [0, 0.1) is 10.8 Å². The van der Waals surface area contributed by atoms with Crippen LogP contribution in [0.3, 0.4) is 0 Å². The molecule has 32 heavy (non-hydrogen) atoms. The van der Waals surface area contributed by atoms with Gasteiger partial charge in [0.05, 0.1) is 5.69 Å². The Bertz CT molecular complexity index is 769. The van der Waals surface area contributed by atoms with E-state index >= 15 is 0 Å². The number of thioether (sulfide) groups is 1. The van der Waals surface area contributed by atoms with E-state index in [0.717, 1.165) is 30.7 Å². The molecule has 1 aliphatic rings. The van der Waals surface area contributed by atoms with Crippen LogP contribution >= 0.6 is 11.8 Å². The highest BCUT2D eigenvalue weighted by Crippen LogP contribution is 2.54. The molecule has 0 aromatic heterocycles. The smallest absolute Gasteiger partial charge is 0.310 e. The van der Waals surface area contributed by atoms with Gasteiger partial charge in [-0.3, -0.25) is 4.79 Å². The van der Waals surface area contributed by atoms with E-state index in [1.807, 2.05) is 27.7 Å². The van der Waals surface area contributed by atoms with Crippen LogP contribution in [0.4, 0.5) is 32.0 Å². The van der Waals surface area contributed by atoms with Gasteiger partial charge in [-0.15, -0.1) is 16.7 Å². The average Bonchev–Trinajstić information content (AvgIpc) is 2.72. The first-order valence-electron chi connectivity index (χ1n) is 10.4. The average molecular weight is 487 g/mol. The van der Waals surface area contributed by atoms with E-state index in [2.05, 4.69) is 0 Å². The molecule has 0 radical (unpaired) electrons. The van der Waals surface area contributed by atoms with Crippen LogP contribution in [0.15, 0.2) is 28.3 Å². The predicted octanol–water partition coefficient (Wildman–Crippen LogP) is 7.45. The first kappa shape index (κ1) is 28.3. The zero-order valence-electron chi connectivity index (χ0n) is 18.4. The first-order chi connectivity index (χ1) is 14.9. The Hall–Kier alpha value is -1.78. The van der Waals surface area contributed by atoms with Gasteiger partial charge in [0.15, 0.2) is 0 Å². The summed E-state index contributed by atoms with van der Waals surface area (Å²) in [4.78, 5) is 25.0. The standard InChI is InChI=1S/C19H22F6N2O2S.C2H6/c1-3-4-12(2)5-8-16(28)27-9-10-30-15-11-13(6-7-14(15)27)17(26-29,18(20,21)22)19(23,24)25;1-2/h6-7,11-12H,3-5,8-10H2,1-2H3;1-2H3. The maximum absolute atomic E-state index is 13.3. The molecule has 0 saturated carbocycles. The lowest BCUT2D eigenvalue weighted by Gasteiger charge is -2.34. The minimum absolute atomic E-state index is 0.0789. The highest BCUT2D eigenvalue weighted by atomic mass is 32.2. The van der Waals surface area contributed by atoms with Crippen LogP contribution in [-0.4, -0.2) is 30.6 Å². The molecule has 0 aliphatic carbocycles. The van der Waals surface area contributed by atoms with Gasteiger partial charge in [-0.05, 0) is 29.6 Å². The Morgan fingerprint density at radius 3 is 2.22 bits per heavy atom. The van der Waals surface area contributed by atoms with Gasteiger partial charge in [-0.25, -0.2) is 0 Å². The van der Waals surface area contributed by atoms with Crippen LogP contribution in [0.2, 0.25) is 0 Å². The summed E-state index contributed by atoms with van der Waals surface area (Å²) in [5, 5.41) is 1.51. The van der Waals surface area contributed by atoms with Crippen LogP contribution < -0.4 is 4.90 Å². The van der Waals surface area contributed by atoms with Gasteiger partial charge in [-0.1, -0.05) is 46.6 Å². The number of alkyl halides is 6. The van der Waals surface area contributed by atoms with Crippen LogP contribution in [0.5, 0.6) is 0 Å². The normalized spacial score (nSPS) is 15.4. The van der Waals surface area contributed by atoms with Gasteiger partial charge in [0.1, 0.15) is 0 Å². The highest BCUT2D eigenvalue weighted by molar-refractivity contribution is 7.99. The van der Waals surface area contributed by atoms with Gasteiger partial charge in [0.25, 0.3) is 0 Å². The Morgan fingerprint density at radius 2 is 1.72 bits per heavy atom. The molecule has 1 atom stereocenters. The van der Waals surface area contributed by atoms with E-state index in [1.54, 1.807) is 0 Å². The number of rotatable bonds is 7. The van der Waals surface area contributed by atoms with Crippen molar-refractivity contribution in [3.05, 3.63) is 28.7 Å². The molecule has 0 N–H and O–H groups in total. The molecule has 11 heteroatoms. The van der Waals surface area contributed by atoms with E-state index in [1.165, 1.54) is 10.1 Å². The molecule has 1 aromatic carbocycles. The molecule has 2 rings (SSSR count). The number of nitroso groups, excluding NO2 is 1. The number of anilines is 1. The predicted molar refractivity (Wildman–Crippen MR) is 114 cm³/mol. The van der Waals surface area contributed by atoms with Crippen LogP contribution in [0.25, 0.3) is 0 Å². The first-order valence-corrected chi connectivity index (χ1v) is 11.4. The molecule has 1 amide bonds. The molecule has 0 fully saturated rings. The third-order valence-electron chi connectivity index (χ3n) is 5.13. The second kappa shape index (κ2) is 11.4. The third kappa shape index (κ3) is 5.77. The van der Waals surface area contributed by atoms with Gasteiger partial charge < -0.3 is 4.90 Å². The molecule has 182 valence electrons. The van der Waals surface area contributed by atoms with Crippen LogP contribution in [0.1, 0.15) is 58.9 Å². The van der Waals surface area contributed by atoms with E-state index in [9.17, 15) is 36.0 Å². The van der Waals surface area contributed by atoms with Crippen molar-refractivity contribution in [2.75, 3.05) is 17.2 Å². The monoisotopic (exact) mass is 486 g/mol. The summed E-state index contributed by atoms with van der Waals surface area (Å²) in [5.41, 5.74) is -5.93. The zero-order valence-corrected chi connectivity index (χ0v) is 19.3. The number of hydrogen-bond acceptors (Lipinski definition) is 4. The number of nitrogens with zero attached hydrogens (tertiary/aromatic N) is 2. The lowest BCUT2D eigenvalue weighted by atomic mass is 9.89. The molecule has 1 unspecified atom stereocenters. The summed E-state index contributed by atoms with van der Waals surface area (Å²) in [6.07, 6.45) is -9.12. The lowest BCUT2D eigenvalue weighted by molar-refractivity contribution is -0.301. The summed E-state index contributed by atoms with van der Waals surface area (Å²) >= 11 is 1.03. The van der Waals surface area contributed by atoms with E-state index < -0.39 is 23.5 Å². The number of halogens is 6. The largest absolute Gasteiger partial charge is 0.430 e. The Balaban J connectivity index is 0.00000249. The highest BCUT2D eigenvalue weighted by Gasteiger charge is 2.74. The number of fused-ring (bicyclic) bond motifs is 1. The Kier molecular flexibility index (Phi) is 10.0. The maximum atomic E-state index is 13.3. The molecule has 0 bridgehead atoms. The summed E-state index contributed by atoms with van der Waals surface area (Å²) < 4.78 is 80.1. The Morgan fingerprint density at radius 1 is 1.12 bits per heavy atom. The topological polar surface area (TPSA) is 49.7 Å². The minimum atomic E-state index is -5.97. The zero-order chi connectivity index (χ0) is 24.7. The van der Waals surface area contributed by atoms with Crippen molar-refractivity contribution >= 4 is 23.4 Å². The third-order valence-corrected chi connectivity index (χ3v) is 6.16. The molecule has 0 saturated heterocycles. The molecule has 0 spiro atoms. The summed E-state index contributed by atoms with van der Waals surface area (Å²) in [6.45, 7) is 8.35. The number of carbonyl (C=O) groups excluding carboxylic acids is 1. The number of amides is 1. The molecule has 1 aromatic rings. The Labute approximate surface area is 188 Å². The molecular formula is C21H28F6N2O2S. The van der Waals surface area contributed by atoms with Gasteiger partial charge >= 0.3 is 17.9 Å². The fourth-order valence-electron chi connectivity index (χ4n) is 3.49. The van der Waals surface area contributed by atoms with E-state index in [-0.39, 0.29) is 22.9 Å². The van der Waals surface area contributed by atoms with E-state index in [4.69, 9.17) is 0 Å². The fourth-order valence-corrected chi connectivity index (χ4v) is 4.52. The number of benzene rings is 1. The van der Waals surface area contributed by atoms with Crippen molar-refractivity contribution < 1.29 is 31.1 Å². The molecule has 4 nitrogen and oxygen atoms in total. The second-order valence-corrected chi connectivity index (χ2v) is 8.44. The van der Waals surface area contributed by atoms with Gasteiger partial charge in [0.2, 0.25) is 5.91 Å². The van der Waals surface area contributed by atoms with Crippen molar-refractivity contribution in [2.24, 2.45) is 11.1 Å². The SMILES string of the molecule is CC.CCCC(C)CCC(=O)N1CCSc2cc(C(N=O)(C(F)(F)F)C(F)(F)F)ccc21.